The fourth-order valence-corrected chi connectivity index (χ4v) is 3.50. The summed E-state index contributed by atoms with van der Waals surface area (Å²) >= 11 is 2.11. The number of hydrogen-bond donors (Lipinski definition) is 3. The molecule has 0 aliphatic heterocycles. The fourth-order valence-electron chi connectivity index (χ4n) is 2.98. The highest BCUT2D eigenvalue weighted by molar-refractivity contribution is 14.1. The van der Waals surface area contributed by atoms with E-state index in [4.69, 9.17) is 9.84 Å². The number of carbonyl (C=O) groups excluding carboxylic acids is 2. The number of amides is 1. The van der Waals surface area contributed by atoms with Crippen molar-refractivity contribution in [3.05, 3.63) is 69.3 Å². The molecule has 0 aromatic heterocycles. The summed E-state index contributed by atoms with van der Waals surface area (Å²) in [5.41, 5.74) is 1.48. The van der Waals surface area contributed by atoms with Gasteiger partial charge in [-0.15, -0.1) is 0 Å². The Kier molecular flexibility index (Phi) is 9.04. The average Bonchev–Trinajstić information content (AvgIpc) is 2.71. The number of phenols is 1. The van der Waals surface area contributed by atoms with Gasteiger partial charge in [-0.1, -0.05) is 13.0 Å². The molecule has 0 bridgehead atoms. The standard InChI is InChI=1S/C23H24INO6/c1-14(5-3-4-6-21(28)29)22(19-13-17(24)9-12-20(19)27)31-23(30)25-18-10-7-16(8-11-18)15(2)26/h4,6-14,22,27H,3,5H2,1-2H3,(H,25,30)(H,28,29)/b6-4+/t14-,22+/m1/s1. The maximum atomic E-state index is 12.6. The number of benzene rings is 2. The lowest BCUT2D eigenvalue weighted by atomic mass is 9.92. The summed E-state index contributed by atoms with van der Waals surface area (Å²) in [6, 6.07) is 11.5. The number of ketones is 1. The van der Waals surface area contributed by atoms with E-state index in [9.17, 15) is 19.5 Å². The van der Waals surface area contributed by atoms with Gasteiger partial charge < -0.3 is 14.9 Å². The SMILES string of the molecule is CC(=O)c1ccc(NC(=O)O[C@H](c2cc(I)ccc2O)[C@H](C)CC/C=C/C(=O)O)cc1. The van der Waals surface area contributed by atoms with E-state index < -0.39 is 18.2 Å². The molecule has 2 atom stereocenters. The number of carboxylic acid groups (broad SMARTS) is 1. The van der Waals surface area contributed by atoms with E-state index in [1.54, 1.807) is 48.5 Å². The summed E-state index contributed by atoms with van der Waals surface area (Å²) in [4.78, 5) is 34.6. The smallest absolute Gasteiger partial charge is 0.412 e. The predicted octanol–water partition coefficient (Wildman–Crippen LogP) is 5.55. The Morgan fingerprint density at radius 2 is 1.84 bits per heavy atom. The second kappa shape index (κ2) is 11.5. The van der Waals surface area contributed by atoms with Gasteiger partial charge in [-0.25, -0.2) is 9.59 Å². The summed E-state index contributed by atoms with van der Waals surface area (Å²) in [7, 11) is 0. The number of allylic oxidation sites excluding steroid dienone is 1. The molecule has 0 heterocycles. The Balaban J connectivity index is 2.17. The molecule has 2 aromatic rings. The molecule has 2 rings (SSSR count). The second-order valence-corrected chi connectivity index (χ2v) is 8.33. The van der Waals surface area contributed by atoms with Crippen molar-refractivity contribution in [3.63, 3.8) is 0 Å². The van der Waals surface area contributed by atoms with E-state index in [0.717, 1.165) is 9.65 Å². The van der Waals surface area contributed by atoms with Crippen LogP contribution in [0.2, 0.25) is 0 Å². The molecule has 3 N–H and O–H groups in total. The van der Waals surface area contributed by atoms with Crippen LogP contribution in [0.4, 0.5) is 10.5 Å². The van der Waals surface area contributed by atoms with E-state index in [2.05, 4.69) is 27.9 Å². The van der Waals surface area contributed by atoms with Crippen LogP contribution in [-0.4, -0.2) is 28.1 Å². The van der Waals surface area contributed by atoms with Gasteiger partial charge in [0.05, 0.1) is 0 Å². The first-order valence-corrected chi connectivity index (χ1v) is 10.7. The van der Waals surface area contributed by atoms with Crippen LogP contribution in [0.3, 0.4) is 0 Å². The van der Waals surface area contributed by atoms with Crippen molar-refractivity contribution in [2.45, 2.75) is 32.8 Å². The minimum absolute atomic E-state index is 0.0111. The minimum Gasteiger partial charge on any atom is -0.508 e. The van der Waals surface area contributed by atoms with Gasteiger partial charge in [-0.2, -0.15) is 0 Å². The summed E-state index contributed by atoms with van der Waals surface area (Å²) in [6.45, 7) is 3.33. The van der Waals surface area contributed by atoms with E-state index in [0.29, 0.717) is 29.7 Å². The van der Waals surface area contributed by atoms with Gasteiger partial charge in [0, 0.05) is 26.5 Å². The van der Waals surface area contributed by atoms with Gasteiger partial charge in [-0.05, 0) is 90.7 Å². The normalized spacial score (nSPS) is 12.9. The molecule has 0 radical (unpaired) electrons. The molecule has 0 aliphatic carbocycles. The van der Waals surface area contributed by atoms with E-state index in [-0.39, 0.29) is 17.5 Å². The molecule has 0 fully saturated rings. The third-order valence-corrected chi connectivity index (χ3v) is 5.30. The zero-order chi connectivity index (χ0) is 23.0. The number of aromatic hydroxyl groups is 1. The Bertz CT molecular complexity index is 971. The Morgan fingerprint density at radius 3 is 2.45 bits per heavy atom. The summed E-state index contributed by atoms with van der Waals surface area (Å²) in [5, 5.41) is 21.7. The number of phenolic OH excluding ortho intramolecular Hbond substituents is 1. The third kappa shape index (κ3) is 7.71. The molecule has 7 nitrogen and oxygen atoms in total. The van der Waals surface area contributed by atoms with Crippen LogP contribution < -0.4 is 5.32 Å². The second-order valence-electron chi connectivity index (χ2n) is 7.08. The third-order valence-electron chi connectivity index (χ3n) is 4.63. The number of ether oxygens (including phenoxy) is 1. The number of rotatable bonds is 9. The monoisotopic (exact) mass is 537 g/mol. The molecule has 0 saturated carbocycles. The van der Waals surface area contributed by atoms with E-state index in [1.807, 2.05) is 6.92 Å². The lowest BCUT2D eigenvalue weighted by Crippen LogP contribution is -2.22. The highest BCUT2D eigenvalue weighted by Crippen LogP contribution is 2.36. The highest BCUT2D eigenvalue weighted by Gasteiger charge is 2.26. The summed E-state index contributed by atoms with van der Waals surface area (Å²) < 4.78 is 6.55. The van der Waals surface area contributed by atoms with Crippen LogP contribution in [0.25, 0.3) is 0 Å². The van der Waals surface area contributed by atoms with Crippen LogP contribution in [0.1, 0.15) is 48.7 Å². The Hall–Kier alpha value is -2.88. The number of Topliss-reactive ketones (excluding diaryl/α,β-unsaturated/α-hetero) is 1. The molecule has 31 heavy (non-hydrogen) atoms. The van der Waals surface area contributed by atoms with E-state index in [1.165, 1.54) is 6.92 Å². The van der Waals surface area contributed by atoms with Gasteiger partial charge in [0.1, 0.15) is 11.9 Å². The summed E-state index contributed by atoms with van der Waals surface area (Å²) in [6.07, 6.45) is 2.19. The van der Waals surface area contributed by atoms with Crippen LogP contribution in [-0.2, 0) is 9.53 Å². The van der Waals surface area contributed by atoms with Crippen LogP contribution in [0, 0.1) is 9.49 Å². The van der Waals surface area contributed by atoms with Crippen molar-refractivity contribution >= 4 is 46.1 Å². The first-order chi connectivity index (χ1) is 14.7. The van der Waals surface area contributed by atoms with Gasteiger partial charge in [0.15, 0.2) is 5.78 Å². The van der Waals surface area contributed by atoms with Crippen molar-refractivity contribution in [1.82, 2.24) is 0 Å². The van der Waals surface area contributed by atoms with E-state index >= 15 is 0 Å². The number of anilines is 1. The molecule has 2 aromatic carbocycles. The fraction of sp³-hybridized carbons (Fsp3) is 0.261. The van der Waals surface area contributed by atoms with Gasteiger partial charge in [-0.3, -0.25) is 10.1 Å². The first-order valence-electron chi connectivity index (χ1n) is 9.64. The van der Waals surface area contributed by atoms with Crippen molar-refractivity contribution in [3.8, 4) is 5.75 Å². The zero-order valence-electron chi connectivity index (χ0n) is 17.2. The highest BCUT2D eigenvalue weighted by atomic mass is 127. The number of carboxylic acids is 1. The van der Waals surface area contributed by atoms with Gasteiger partial charge in [0.2, 0.25) is 0 Å². The lowest BCUT2D eigenvalue weighted by Gasteiger charge is -2.25. The maximum Gasteiger partial charge on any atom is 0.412 e. The Labute approximate surface area is 194 Å². The number of halogens is 1. The first kappa shape index (κ1) is 24.4. The molecule has 0 spiro atoms. The number of hydrogen-bond acceptors (Lipinski definition) is 5. The molecule has 0 unspecified atom stereocenters. The average molecular weight is 537 g/mol. The predicted molar refractivity (Wildman–Crippen MR) is 125 cm³/mol. The molecular weight excluding hydrogens is 513 g/mol. The largest absolute Gasteiger partial charge is 0.508 e. The molecule has 0 saturated heterocycles. The molecular formula is C23H24INO6. The molecule has 0 aliphatic rings. The van der Waals surface area contributed by atoms with Crippen molar-refractivity contribution in [2.75, 3.05) is 5.32 Å². The number of carbonyl (C=O) groups is 3. The molecule has 8 heteroatoms. The van der Waals surface area contributed by atoms with Crippen molar-refractivity contribution in [2.24, 2.45) is 5.92 Å². The van der Waals surface area contributed by atoms with Gasteiger partial charge >= 0.3 is 12.1 Å². The minimum atomic E-state index is -1.02. The van der Waals surface area contributed by atoms with Crippen LogP contribution in [0.15, 0.2) is 54.6 Å². The quantitative estimate of drug-likeness (QED) is 0.220. The van der Waals surface area contributed by atoms with Crippen LogP contribution in [0.5, 0.6) is 5.75 Å². The number of nitrogens with one attached hydrogen (secondary N) is 1. The van der Waals surface area contributed by atoms with Crippen molar-refractivity contribution in [1.29, 1.82) is 0 Å². The zero-order valence-corrected chi connectivity index (χ0v) is 19.3. The maximum absolute atomic E-state index is 12.6. The Morgan fingerprint density at radius 1 is 1.16 bits per heavy atom. The van der Waals surface area contributed by atoms with Crippen LogP contribution >= 0.6 is 22.6 Å². The lowest BCUT2D eigenvalue weighted by molar-refractivity contribution is -0.131. The van der Waals surface area contributed by atoms with Crippen molar-refractivity contribution < 1.29 is 29.3 Å². The number of aliphatic carboxylic acids is 1. The summed E-state index contributed by atoms with van der Waals surface area (Å²) in [5.74, 6) is -1.29. The molecule has 1 amide bonds. The van der Waals surface area contributed by atoms with Gasteiger partial charge in [0.25, 0.3) is 0 Å². The molecule has 164 valence electrons. The topological polar surface area (TPSA) is 113 Å².